The Morgan fingerprint density at radius 1 is 0.463 bits per heavy atom. The zero-order valence-electron chi connectivity index (χ0n) is 44.6. The molecule has 0 aromatic carbocycles. The van der Waals surface area contributed by atoms with Crippen molar-refractivity contribution in [3.63, 3.8) is 0 Å². The summed E-state index contributed by atoms with van der Waals surface area (Å²) in [5, 5.41) is 9.67. The molecule has 0 radical (unpaired) electrons. The quantitative estimate of drug-likeness (QED) is 0.0281. The highest BCUT2D eigenvalue weighted by Gasteiger charge is 2.31. The minimum Gasteiger partial charge on any atom is -0.477 e. The first kappa shape index (κ1) is 64.3. The molecule has 8 heteroatoms. The number of carboxylic acid groups (broad SMARTS) is 1. The average molecular weight is 944 g/mol. The van der Waals surface area contributed by atoms with Crippen LogP contribution in [0.1, 0.15) is 258 Å². The summed E-state index contributed by atoms with van der Waals surface area (Å²) in [5.41, 5.74) is 0. The first-order valence-corrected chi connectivity index (χ1v) is 28.2. The van der Waals surface area contributed by atoms with Crippen molar-refractivity contribution >= 4 is 17.9 Å². The van der Waals surface area contributed by atoms with Crippen molar-refractivity contribution in [1.29, 1.82) is 0 Å². The lowest BCUT2D eigenvalue weighted by molar-refractivity contribution is -0.887. The van der Waals surface area contributed by atoms with Crippen LogP contribution in [0.25, 0.3) is 0 Å². The van der Waals surface area contributed by atoms with Crippen LogP contribution in [0.15, 0.2) is 48.6 Å². The van der Waals surface area contributed by atoms with E-state index < -0.39 is 18.1 Å². The van der Waals surface area contributed by atoms with Gasteiger partial charge < -0.3 is 23.8 Å². The summed E-state index contributed by atoms with van der Waals surface area (Å²) in [6, 6.07) is -0.616. The van der Waals surface area contributed by atoms with E-state index in [2.05, 4.69) is 62.5 Å². The van der Waals surface area contributed by atoms with Gasteiger partial charge in [-0.25, -0.2) is 4.79 Å². The number of hydrogen-bond acceptors (Lipinski definition) is 6. The number of quaternary nitrogens is 1. The van der Waals surface area contributed by atoms with Gasteiger partial charge in [-0.15, -0.1) is 0 Å². The largest absolute Gasteiger partial charge is 0.477 e. The molecule has 67 heavy (non-hydrogen) atoms. The Labute approximate surface area is 414 Å². The number of allylic oxidation sites excluding steroid dienone is 8. The Morgan fingerprint density at radius 2 is 0.836 bits per heavy atom. The van der Waals surface area contributed by atoms with E-state index in [4.69, 9.17) is 14.2 Å². The molecule has 2 atom stereocenters. The van der Waals surface area contributed by atoms with E-state index in [1.807, 2.05) is 21.1 Å². The van der Waals surface area contributed by atoms with Crippen LogP contribution < -0.4 is 0 Å². The van der Waals surface area contributed by atoms with Crippen LogP contribution in [0.2, 0.25) is 0 Å². The fourth-order valence-corrected chi connectivity index (χ4v) is 8.44. The smallest absolute Gasteiger partial charge is 0.362 e. The molecular formula is C59H108NO7+. The van der Waals surface area contributed by atoms with E-state index in [-0.39, 0.29) is 36.2 Å². The van der Waals surface area contributed by atoms with Crippen molar-refractivity contribution in [3.05, 3.63) is 48.6 Å². The number of carbonyl (C=O) groups excluding carboxylic acids is 2. The fourth-order valence-electron chi connectivity index (χ4n) is 8.44. The fraction of sp³-hybridized carbons (Fsp3) is 0.814. The molecule has 0 fully saturated rings. The van der Waals surface area contributed by atoms with E-state index >= 15 is 0 Å². The number of carboxylic acids is 1. The van der Waals surface area contributed by atoms with Gasteiger partial charge in [-0.1, -0.05) is 236 Å². The third-order valence-electron chi connectivity index (χ3n) is 12.7. The Balaban J connectivity index is 4.17. The van der Waals surface area contributed by atoms with Gasteiger partial charge in [-0.05, 0) is 51.4 Å². The standard InChI is InChI=1S/C59H107NO7/c1-6-8-10-12-14-16-18-20-22-24-26-28-30-32-34-36-38-40-42-44-46-48-50-58(62)67-55(53-65-52-51-56(59(63)64)60(3,4)5)54-66-57(61)49-47-45-43-41-39-37-35-33-31-29-27-25-23-21-19-17-15-13-11-9-7-2/h8,10,14,16,20,22,26,28,55-56H,6-7,9,11-13,15,17-19,21,23-25,27,29-54H2,1-5H3/p+1/b10-8+,16-14+,22-20+,28-26+. The molecule has 2 unspecified atom stereocenters. The van der Waals surface area contributed by atoms with Gasteiger partial charge in [0.1, 0.15) is 6.61 Å². The maximum atomic E-state index is 12.8. The summed E-state index contributed by atoms with van der Waals surface area (Å²) in [4.78, 5) is 37.3. The number of ether oxygens (including phenoxy) is 3. The maximum absolute atomic E-state index is 12.8. The molecule has 0 saturated heterocycles. The summed E-state index contributed by atoms with van der Waals surface area (Å²) < 4.78 is 17.4. The van der Waals surface area contributed by atoms with Crippen molar-refractivity contribution in [2.75, 3.05) is 41.0 Å². The van der Waals surface area contributed by atoms with Gasteiger partial charge in [0, 0.05) is 19.3 Å². The zero-order chi connectivity index (χ0) is 49.2. The van der Waals surface area contributed by atoms with Crippen LogP contribution in [0.4, 0.5) is 0 Å². The van der Waals surface area contributed by atoms with Crippen molar-refractivity contribution in [2.24, 2.45) is 0 Å². The molecule has 0 bridgehead atoms. The number of carbonyl (C=O) groups is 3. The highest BCUT2D eigenvalue weighted by Crippen LogP contribution is 2.17. The molecule has 0 saturated carbocycles. The Bertz CT molecular complexity index is 1230. The minimum atomic E-state index is -0.873. The van der Waals surface area contributed by atoms with Crippen LogP contribution in [0.5, 0.6) is 0 Å². The number of unbranched alkanes of at least 4 members (excludes halogenated alkanes) is 29. The summed E-state index contributed by atoms with van der Waals surface area (Å²) in [6.45, 7) is 4.66. The lowest BCUT2D eigenvalue weighted by Crippen LogP contribution is -2.50. The molecule has 0 heterocycles. The van der Waals surface area contributed by atoms with Crippen LogP contribution in [0.3, 0.4) is 0 Å². The molecule has 0 aliphatic heterocycles. The van der Waals surface area contributed by atoms with E-state index in [1.165, 1.54) is 154 Å². The minimum absolute atomic E-state index is 0.0506. The number of esters is 2. The molecule has 8 nitrogen and oxygen atoms in total. The van der Waals surface area contributed by atoms with Crippen molar-refractivity contribution in [1.82, 2.24) is 0 Å². The lowest BCUT2D eigenvalue weighted by Gasteiger charge is -2.31. The Hall–Kier alpha value is -2.71. The predicted molar refractivity (Wildman–Crippen MR) is 284 cm³/mol. The molecule has 0 rings (SSSR count). The summed E-state index contributed by atoms with van der Waals surface area (Å²) in [6.07, 6.45) is 61.7. The van der Waals surface area contributed by atoms with Crippen LogP contribution >= 0.6 is 0 Å². The van der Waals surface area contributed by atoms with Crippen LogP contribution in [-0.4, -0.2) is 80.6 Å². The third kappa shape index (κ3) is 48.1. The number of rotatable bonds is 51. The van der Waals surface area contributed by atoms with Gasteiger partial charge in [0.2, 0.25) is 0 Å². The summed E-state index contributed by atoms with van der Waals surface area (Å²) in [5.74, 6) is -1.46. The lowest BCUT2D eigenvalue weighted by atomic mass is 10.0. The van der Waals surface area contributed by atoms with E-state index in [0.717, 1.165) is 70.6 Å². The monoisotopic (exact) mass is 943 g/mol. The SMILES string of the molecule is CC/C=C/C/C=C/C/C=C/C/C=C/CCCCCCCCCCCC(=O)OC(COCCC(C(=O)O)[N+](C)(C)C)COC(=O)CCCCCCCCCCCCCCCCCCCCCCC. The predicted octanol–water partition coefficient (Wildman–Crippen LogP) is 16.7. The van der Waals surface area contributed by atoms with Gasteiger partial charge >= 0.3 is 17.9 Å². The second kappa shape index (κ2) is 49.7. The van der Waals surface area contributed by atoms with Crippen molar-refractivity contribution < 1.29 is 38.2 Å². The second-order valence-electron chi connectivity index (χ2n) is 20.2. The van der Waals surface area contributed by atoms with Gasteiger partial charge in [0.05, 0.1) is 34.4 Å². The van der Waals surface area contributed by atoms with Gasteiger partial charge in [0.15, 0.2) is 12.1 Å². The third-order valence-corrected chi connectivity index (χ3v) is 12.7. The second-order valence-corrected chi connectivity index (χ2v) is 20.2. The number of aliphatic carboxylic acids is 1. The maximum Gasteiger partial charge on any atom is 0.362 e. The number of hydrogen-bond donors (Lipinski definition) is 1. The molecule has 0 aliphatic rings. The summed E-state index contributed by atoms with van der Waals surface area (Å²) in [7, 11) is 5.54. The van der Waals surface area contributed by atoms with Crippen LogP contribution in [-0.2, 0) is 28.6 Å². The van der Waals surface area contributed by atoms with Gasteiger partial charge in [0.25, 0.3) is 0 Å². The van der Waals surface area contributed by atoms with E-state index in [9.17, 15) is 19.5 Å². The Kier molecular flexibility index (Phi) is 47.7. The highest BCUT2D eigenvalue weighted by atomic mass is 16.6. The van der Waals surface area contributed by atoms with Crippen LogP contribution in [0, 0.1) is 0 Å². The first-order valence-electron chi connectivity index (χ1n) is 28.2. The molecule has 0 amide bonds. The summed E-state index contributed by atoms with van der Waals surface area (Å²) >= 11 is 0. The average Bonchev–Trinajstić information content (AvgIpc) is 3.29. The molecule has 390 valence electrons. The van der Waals surface area contributed by atoms with Crippen molar-refractivity contribution in [3.8, 4) is 0 Å². The molecule has 0 aromatic heterocycles. The normalized spacial score (nSPS) is 13.1. The van der Waals surface area contributed by atoms with E-state index in [1.54, 1.807) is 0 Å². The Morgan fingerprint density at radius 3 is 1.24 bits per heavy atom. The highest BCUT2D eigenvalue weighted by molar-refractivity contribution is 5.72. The van der Waals surface area contributed by atoms with E-state index in [0.29, 0.717) is 19.3 Å². The van der Waals surface area contributed by atoms with Crippen molar-refractivity contribution in [2.45, 2.75) is 270 Å². The molecule has 0 aromatic rings. The molecule has 0 spiro atoms. The molecular weight excluding hydrogens is 835 g/mol. The zero-order valence-corrected chi connectivity index (χ0v) is 44.6. The van der Waals surface area contributed by atoms with Gasteiger partial charge in [-0.3, -0.25) is 9.59 Å². The molecule has 1 N–H and O–H groups in total. The number of nitrogens with zero attached hydrogens (tertiary/aromatic N) is 1. The first-order chi connectivity index (χ1) is 32.6. The van der Waals surface area contributed by atoms with Gasteiger partial charge in [-0.2, -0.15) is 0 Å². The number of likely N-dealkylation sites (N-methyl/N-ethyl adjacent to an activating group) is 1. The molecule has 0 aliphatic carbocycles. The topological polar surface area (TPSA) is 99.1 Å².